The molecule has 0 saturated carbocycles. The highest BCUT2D eigenvalue weighted by molar-refractivity contribution is 5.99. The number of nitro groups is 1. The lowest BCUT2D eigenvalue weighted by molar-refractivity contribution is -0.385. The number of unbranched alkanes of at least 4 members (excludes halogenated alkanes) is 2. The smallest absolute Gasteiger partial charge is 0.286 e. The van der Waals surface area contributed by atoms with E-state index in [0.717, 1.165) is 42.6 Å². The number of ether oxygens (including phenoxy) is 2. The summed E-state index contributed by atoms with van der Waals surface area (Å²) in [6, 6.07) is 14.6. The number of carbonyl (C=O) groups is 1. The molecule has 0 radical (unpaired) electrons. The Morgan fingerprint density at radius 1 is 1.06 bits per heavy atom. The Hall–Kier alpha value is -3.88. The molecule has 0 saturated heterocycles. The molecule has 0 aliphatic rings. The Morgan fingerprint density at radius 3 is 2.42 bits per heavy atom. The molecule has 2 aromatic carbocycles. The number of aromatic amines is 1. The Bertz CT molecular complexity index is 1100. The summed E-state index contributed by atoms with van der Waals surface area (Å²) in [7, 11) is 4.45. The Balaban J connectivity index is 1.52. The first-order valence-corrected chi connectivity index (χ1v) is 10.7. The lowest BCUT2D eigenvalue weighted by Crippen LogP contribution is -2.28. The largest absolute Gasteiger partial charge is 0.493 e. The van der Waals surface area contributed by atoms with E-state index in [9.17, 15) is 14.9 Å². The number of H-pyrrole nitrogens is 1. The fourth-order valence-electron chi connectivity index (χ4n) is 3.59. The summed E-state index contributed by atoms with van der Waals surface area (Å²) in [5.74, 6) is 0.0515. The lowest BCUT2D eigenvalue weighted by atomic mass is 10.1. The van der Waals surface area contributed by atoms with Crippen LogP contribution in [0.25, 0.3) is 11.3 Å². The maximum atomic E-state index is 12.9. The second-order valence-electron chi connectivity index (χ2n) is 7.66. The number of carbonyl (C=O) groups excluding carboxylic acids is 1. The van der Waals surface area contributed by atoms with Gasteiger partial charge in [0, 0.05) is 30.9 Å². The zero-order chi connectivity index (χ0) is 23.8. The number of amides is 1. The molecule has 0 unspecified atom stereocenters. The summed E-state index contributed by atoms with van der Waals surface area (Å²) in [4.78, 5) is 25.3. The first-order chi connectivity index (χ1) is 15.9. The molecule has 1 amide bonds. The van der Waals surface area contributed by atoms with Crippen molar-refractivity contribution in [1.29, 1.82) is 0 Å². The van der Waals surface area contributed by atoms with E-state index in [1.54, 1.807) is 7.05 Å². The van der Waals surface area contributed by atoms with E-state index in [-0.39, 0.29) is 22.7 Å². The fraction of sp³-hybridized carbons (Fsp3) is 0.333. The lowest BCUT2D eigenvalue weighted by Gasteiger charge is -2.18. The van der Waals surface area contributed by atoms with Gasteiger partial charge in [-0.1, -0.05) is 36.8 Å². The average molecular weight is 453 g/mol. The number of nitrogens with one attached hydrogen (secondary N) is 1. The predicted molar refractivity (Wildman–Crippen MR) is 125 cm³/mol. The fourth-order valence-corrected chi connectivity index (χ4v) is 3.59. The van der Waals surface area contributed by atoms with Crippen molar-refractivity contribution in [1.82, 2.24) is 15.1 Å². The van der Waals surface area contributed by atoms with Crippen molar-refractivity contribution in [3.63, 3.8) is 0 Å². The minimum absolute atomic E-state index is 0.0222. The van der Waals surface area contributed by atoms with Crippen molar-refractivity contribution < 1.29 is 19.2 Å². The zero-order valence-corrected chi connectivity index (χ0v) is 19.0. The third-order valence-corrected chi connectivity index (χ3v) is 5.42. The molecule has 9 nitrogen and oxygen atoms in total. The van der Waals surface area contributed by atoms with Crippen molar-refractivity contribution in [2.45, 2.75) is 25.7 Å². The highest BCUT2D eigenvalue weighted by Gasteiger charge is 2.26. The van der Waals surface area contributed by atoms with Gasteiger partial charge < -0.3 is 14.4 Å². The molecule has 0 atom stereocenters. The molecule has 0 bridgehead atoms. The number of hydrogen-bond acceptors (Lipinski definition) is 6. The van der Waals surface area contributed by atoms with Gasteiger partial charge in [0.1, 0.15) is 5.56 Å². The minimum Gasteiger partial charge on any atom is -0.493 e. The summed E-state index contributed by atoms with van der Waals surface area (Å²) < 4.78 is 10.3. The average Bonchev–Trinajstić information content (AvgIpc) is 3.31. The second kappa shape index (κ2) is 11.1. The van der Waals surface area contributed by atoms with Gasteiger partial charge in [0.2, 0.25) is 0 Å². The SMILES string of the molecule is COc1cc(C(=O)N(C)CCCCCc2cc(-c3ccccc3)n[nH]2)c([N+](=O)[O-])cc1OC. The molecule has 174 valence electrons. The number of hydrogen-bond donors (Lipinski definition) is 1. The van der Waals surface area contributed by atoms with Gasteiger partial charge in [-0.25, -0.2) is 0 Å². The van der Waals surface area contributed by atoms with E-state index < -0.39 is 10.8 Å². The summed E-state index contributed by atoms with van der Waals surface area (Å²) >= 11 is 0. The summed E-state index contributed by atoms with van der Waals surface area (Å²) in [6.07, 6.45) is 3.49. The van der Waals surface area contributed by atoms with E-state index in [1.165, 1.54) is 31.3 Å². The van der Waals surface area contributed by atoms with Crippen LogP contribution in [0.4, 0.5) is 5.69 Å². The van der Waals surface area contributed by atoms with Gasteiger partial charge in [-0.3, -0.25) is 20.0 Å². The van der Waals surface area contributed by atoms with Crippen LogP contribution in [-0.2, 0) is 6.42 Å². The molecular formula is C24H28N4O5. The van der Waals surface area contributed by atoms with Gasteiger partial charge in [0.25, 0.3) is 11.6 Å². The summed E-state index contributed by atoms with van der Waals surface area (Å²) in [5, 5.41) is 18.9. The van der Waals surface area contributed by atoms with E-state index in [0.29, 0.717) is 6.54 Å². The van der Waals surface area contributed by atoms with Gasteiger partial charge in [0.05, 0.1) is 30.9 Å². The maximum Gasteiger partial charge on any atom is 0.286 e. The maximum absolute atomic E-state index is 12.9. The van der Waals surface area contributed by atoms with Crippen LogP contribution < -0.4 is 9.47 Å². The molecule has 0 aliphatic carbocycles. The minimum atomic E-state index is -0.586. The molecule has 0 spiro atoms. The Labute approximate surface area is 192 Å². The van der Waals surface area contributed by atoms with Crippen molar-refractivity contribution in [3.8, 4) is 22.8 Å². The zero-order valence-electron chi connectivity index (χ0n) is 19.0. The summed E-state index contributed by atoms with van der Waals surface area (Å²) in [6.45, 7) is 0.489. The van der Waals surface area contributed by atoms with Gasteiger partial charge in [-0.05, 0) is 25.3 Å². The Kier molecular flexibility index (Phi) is 8.01. The number of methoxy groups -OCH3 is 2. The molecule has 1 heterocycles. The monoisotopic (exact) mass is 452 g/mol. The predicted octanol–water partition coefficient (Wildman–Crippen LogP) is 4.49. The molecule has 0 fully saturated rings. The topological polar surface area (TPSA) is 111 Å². The number of benzene rings is 2. The molecular weight excluding hydrogens is 424 g/mol. The standard InChI is InChI=1S/C24H28N4O5/c1-27(24(29)19-15-22(32-2)23(33-3)16-21(19)28(30)31)13-9-5-8-12-18-14-20(26-25-18)17-10-6-4-7-11-17/h4,6-7,10-11,14-16H,5,8-9,12-13H2,1-3H3,(H,25,26). The third kappa shape index (κ3) is 5.88. The molecule has 1 N–H and O–H groups in total. The van der Waals surface area contributed by atoms with Crippen molar-refractivity contribution >= 4 is 11.6 Å². The number of nitrogens with zero attached hydrogens (tertiary/aromatic N) is 3. The molecule has 9 heteroatoms. The summed E-state index contributed by atoms with van der Waals surface area (Å²) in [5.41, 5.74) is 2.74. The highest BCUT2D eigenvalue weighted by Crippen LogP contribution is 2.35. The molecule has 0 aliphatic heterocycles. The number of rotatable bonds is 11. The van der Waals surface area contributed by atoms with E-state index in [4.69, 9.17) is 9.47 Å². The number of nitro benzene ring substituents is 1. The van der Waals surface area contributed by atoms with Crippen molar-refractivity contribution in [3.05, 3.63) is 69.9 Å². The van der Waals surface area contributed by atoms with E-state index in [1.807, 2.05) is 30.3 Å². The van der Waals surface area contributed by atoms with Crippen LogP contribution in [0.2, 0.25) is 0 Å². The van der Waals surface area contributed by atoms with Crippen LogP contribution >= 0.6 is 0 Å². The van der Waals surface area contributed by atoms with E-state index in [2.05, 4.69) is 16.3 Å². The van der Waals surface area contributed by atoms with Gasteiger partial charge in [-0.15, -0.1) is 0 Å². The molecule has 3 rings (SSSR count). The van der Waals surface area contributed by atoms with Crippen molar-refractivity contribution in [2.75, 3.05) is 27.8 Å². The van der Waals surface area contributed by atoms with E-state index >= 15 is 0 Å². The van der Waals surface area contributed by atoms with Crippen LogP contribution in [-0.4, -0.2) is 53.7 Å². The van der Waals surface area contributed by atoms with Gasteiger partial charge in [-0.2, -0.15) is 5.10 Å². The Morgan fingerprint density at radius 2 is 1.76 bits per heavy atom. The second-order valence-corrected chi connectivity index (χ2v) is 7.66. The third-order valence-electron chi connectivity index (χ3n) is 5.42. The molecule has 1 aromatic heterocycles. The molecule has 33 heavy (non-hydrogen) atoms. The quantitative estimate of drug-likeness (QED) is 0.261. The first-order valence-electron chi connectivity index (χ1n) is 10.7. The van der Waals surface area contributed by atoms with Crippen LogP contribution in [0.5, 0.6) is 11.5 Å². The number of aryl methyl sites for hydroxylation is 1. The van der Waals surface area contributed by atoms with Crippen molar-refractivity contribution in [2.24, 2.45) is 0 Å². The highest BCUT2D eigenvalue weighted by atomic mass is 16.6. The first kappa shape index (κ1) is 23.8. The van der Waals surface area contributed by atoms with Crippen LogP contribution in [0.15, 0.2) is 48.5 Å². The van der Waals surface area contributed by atoms with Crippen LogP contribution in [0.3, 0.4) is 0 Å². The normalized spacial score (nSPS) is 10.6. The number of aromatic nitrogens is 2. The van der Waals surface area contributed by atoms with Crippen LogP contribution in [0.1, 0.15) is 35.3 Å². The van der Waals surface area contributed by atoms with Gasteiger partial charge in [0.15, 0.2) is 11.5 Å². The van der Waals surface area contributed by atoms with Crippen LogP contribution in [0, 0.1) is 10.1 Å². The molecule has 3 aromatic rings. The van der Waals surface area contributed by atoms with Gasteiger partial charge >= 0.3 is 0 Å².